The summed E-state index contributed by atoms with van der Waals surface area (Å²) in [5.41, 5.74) is 1.36. The topological polar surface area (TPSA) is 12.0 Å². The minimum absolute atomic E-state index is 0.436. The fourth-order valence-corrected chi connectivity index (χ4v) is 2.55. The second-order valence-corrected chi connectivity index (χ2v) is 5.57. The smallest absolute Gasteiger partial charge is 0.0291 e. The predicted octanol–water partition coefficient (Wildman–Crippen LogP) is 4.25. The summed E-state index contributed by atoms with van der Waals surface area (Å²) < 4.78 is 0. The minimum atomic E-state index is 0.436. The van der Waals surface area contributed by atoms with Crippen molar-refractivity contribution in [1.82, 2.24) is 5.32 Å². The van der Waals surface area contributed by atoms with E-state index < -0.39 is 0 Å². The van der Waals surface area contributed by atoms with Crippen LogP contribution in [0.5, 0.6) is 0 Å². The van der Waals surface area contributed by atoms with E-state index in [-0.39, 0.29) is 0 Å². The molecule has 0 bridgehead atoms. The molecule has 0 fully saturated rings. The molecule has 0 aliphatic heterocycles. The van der Waals surface area contributed by atoms with Crippen LogP contribution in [0.3, 0.4) is 0 Å². The molecule has 18 heavy (non-hydrogen) atoms. The molecule has 0 amide bonds. The largest absolute Gasteiger partial charge is 0.310 e. The van der Waals surface area contributed by atoms with Crippen LogP contribution in [0.2, 0.25) is 0 Å². The highest BCUT2D eigenvalue weighted by Gasteiger charge is 2.03. The number of benzene rings is 1. The number of terminal acetylenes is 1. The zero-order valence-electron chi connectivity index (χ0n) is 11.4. The van der Waals surface area contributed by atoms with Crippen LogP contribution in [0, 0.1) is 12.3 Å². The summed E-state index contributed by atoms with van der Waals surface area (Å²) in [6, 6.07) is 9.29. The van der Waals surface area contributed by atoms with Crippen LogP contribution in [-0.4, -0.2) is 12.3 Å². The lowest BCUT2D eigenvalue weighted by atomic mass is 10.1. The average molecular weight is 261 g/mol. The molecule has 0 aliphatic rings. The Labute approximate surface area is 116 Å². The highest BCUT2D eigenvalue weighted by molar-refractivity contribution is 7.99. The van der Waals surface area contributed by atoms with Gasteiger partial charge in [-0.3, -0.25) is 0 Å². The van der Waals surface area contributed by atoms with E-state index in [9.17, 15) is 0 Å². The molecule has 0 saturated heterocycles. The van der Waals surface area contributed by atoms with Crippen LogP contribution < -0.4 is 5.32 Å². The molecule has 0 heterocycles. The zero-order chi connectivity index (χ0) is 13.2. The maximum Gasteiger partial charge on any atom is 0.0291 e. The van der Waals surface area contributed by atoms with Gasteiger partial charge in [-0.05, 0) is 49.8 Å². The standard InChI is InChI=1S/C16H23NS/c1-4-6-7-13-18-16-10-8-15(9-11-16)14(3)17-12-5-2/h1,8-11,14,17H,5-7,12-13H2,2-3H3. The number of rotatable bonds is 8. The van der Waals surface area contributed by atoms with Gasteiger partial charge in [0.2, 0.25) is 0 Å². The lowest BCUT2D eigenvalue weighted by Crippen LogP contribution is -2.19. The Balaban J connectivity index is 2.39. The lowest BCUT2D eigenvalue weighted by Gasteiger charge is -2.13. The molecule has 0 aromatic heterocycles. The summed E-state index contributed by atoms with van der Waals surface area (Å²) >= 11 is 1.88. The van der Waals surface area contributed by atoms with E-state index in [2.05, 4.69) is 49.4 Å². The molecule has 1 aromatic rings. The van der Waals surface area contributed by atoms with Crippen molar-refractivity contribution < 1.29 is 0 Å². The van der Waals surface area contributed by atoms with E-state index in [4.69, 9.17) is 6.42 Å². The first-order valence-corrected chi connectivity index (χ1v) is 7.66. The van der Waals surface area contributed by atoms with E-state index in [0.717, 1.165) is 25.1 Å². The molecule has 1 nitrogen and oxygen atoms in total. The predicted molar refractivity (Wildman–Crippen MR) is 81.9 cm³/mol. The van der Waals surface area contributed by atoms with Crippen molar-refractivity contribution >= 4 is 11.8 Å². The van der Waals surface area contributed by atoms with Gasteiger partial charge in [0, 0.05) is 17.4 Å². The van der Waals surface area contributed by atoms with Crippen LogP contribution in [0.25, 0.3) is 0 Å². The highest BCUT2D eigenvalue weighted by atomic mass is 32.2. The summed E-state index contributed by atoms with van der Waals surface area (Å²) in [7, 11) is 0. The van der Waals surface area contributed by atoms with Crippen molar-refractivity contribution in [3.8, 4) is 12.3 Å². The third-order valence-electron chi connectivity index (χ3n) is 2.81. The normalized spacial score (nSPS) is 12.1. The Morgan fingerprint density at radius 3 is 2.67 bits per heavy atom. The van der Waals surface area contributed by atoms with E-state index >= 15 is 0 Å². The Morgan fingerprint density at radius 1 is 1.33 bits per heavy atom. The number of nitrogens with one attached hydrogen (secondary N) is 1. The fourth-order valence-electron chi connectivity index (χ4n) is 1.70. The summed E-state index contributed by atoms with van der Waals surface area (Å²) in [5, 5.41) is 3.50. The molecule has 1 rings (SSSR count). The van der Waals surface area contributed by atoms with E-state index in [1.165, 1.54) is 16.9 Å². The SMILES string of the molecule is C#CCCCSc1ccc(C(C)NCCC)cc1. The molecule has 1 unspecified atom stereocenters. The lowest BCUT2D eigenvalue weighted by molar-refractivity contribution is 0.570. The first kappa shape index (κ1) is 15.1. The summed E-state index contributed by atoms with van der Waals surface area (Å²) in [6.07, 6.45) is 8.38. The van der Waals surface area contributed by atoms with Crippen LogP contribution in [0.4, 0.5) is 0 Å². The molecule has 2 heteroatoms. The molecule has 1 N–H and O–H groups in total. The molecule has 98 valence electrons. The third-order valence-corrected chi connectivity index (χ3v) is 3.91. The van der Waals surface area contributed by atoms with Crippen molar-refractivity contribution in [3.63, 3.8) is 0 Å². The molecular formula is C16H23NS. The zero-order valence-corrected chi connectivity index (χ0v) is 12.2. The number of thioether (sulfide) groups is 1. The van der Waals surface area contributed by atoms with Crippen LogP contribution in [-0.2, 0) is 0 Å². The number of hydrogen-bond donors (Lipinski definition) is 1. The second-order valence-electron chi connectivity index (χ2n) is 4.40. The van der Waals surface area contributed by atoms with Gasteiger partial charge in [0.15, 0.2) is 0 Å². The monoisotopic (exact) mass is 261 g/mol. The van der Waals surface area contributed by atoms with Crippen LogP contribution >= 0.6 is 11.8 Å². The Hall–Kier alpha value is -0.910. The van der Waals surface area contributed by atoms with Crippen molar-refractivity contribution in [2.75, 3.05) is 12.3 Å². The van der Waals surface area contributed by atoms with Gasteiger partial charge in [0.1, 0.15) is 0 Å². The number of unbranched alkanes of at least 4 members (excludes halogenated alkanes) is 1. The Bertz CT molecular complexity index is 364. The van der Waals surface area contributed by atoms with Crippen LogP contribution in [0.15, 0.2) is 29.2 Å². The van der Waals surface area contributed by atoms with Crippen molar-refractivity contribution in [2.45, 2.75) is 44.0 Å². The van der Waals surface area contributed by atoms with Crippen molar-refractivity contribution in [2.24, 2.45) is 0 Å². The second kappa shape index (κ2) is 9.08. The van der Waals surface area contributed by atoms with Crippen molar-refractivity contribution in [3.05, 3.63) is 29.8 Å². The first-order valence-electron chi connectivity index (χ1n) is 6.67. The van der Waals surface area contributed by atoms with Gasteiger partial charge in [0.25, 0.3) is 0 Å². The number of hydrogen-bond acceptors (Lipinski definition) is 2. The Kier molecular flexibility index (Phi) is 7.64. The molecular weight excluding hydrogens is 238 g/mol. The fraction of sp³-hybridized carbons (Fsp3) is 0.500. The summed E-state index contributed by atoms with van der Waals surface area (Å²) in [5.74, 6) is 3.78. The van der Waals surface area contributed by atoms with Gasteiger partial charge >= 0.3 is 0 Å². The summed E-state index contributed by atoms with van der Waals surface area (Å²) in [4.78, 5) is 1.33. The molecule has 1 atom stereocenters. The van der Waals surface area contributed by atoms with Gasteiger partial charge in [-0.1, -0.05) is 19.1 Å². The van der Waals surface area contributed by atoms with Gasteiger partial charge in [-0.2, -0.15) is 0 Å². The Morgan fingerprint density at radius 2 is 2.06 bits per heavy atom. The van der Waals surface area contributed by atoms with Crippen LogP contribution in [0.1, 0.15) is 44.7 Å². The first-order chi connectivity index (χ1) is 8.77. The van der Waals surface area contributed by atoms with Gasteiger partial charge in [0.05, 0.1) is 0 Å². The third kappa shape index (κ3) is 5.62. The average Bonchev–Trinajstić information content (AvgIpc) is 2.41. The maximum atomic E-state index is 5.23. The maximum absolute atomic E-state index is 5.23. The molecule has 1 aromatic carbocycles. The van der Waals surface area contributed by atoms with E-state index in [1.54, 1.807) is 0 Å². The van der Waals surface area contributed by atoms with Crippen molar-refractivity contribution in [1.29, 1.82) is 0 Å². The minimum Gasteiger partial charge on any atom is -0.310 e. The van der Waals surface area contributed by atoms with E-state index in [0.29, 0.717) is 6.04 Å². The molecule has 0 spiro atoms. The van der Waals surface area contributed by atoms with Gasteiger partial charge in [-0.15, -0.1) is 24.1 Å². The van der Waals surface area contributed by atoms with Gasteiger partial charge in [-0.25, -0.2) is 0 Å². The molecule has 0 aliphatic carbocycles. The quantitative estimate of drug-likeness (QED) is 0.426. The molecule has 0 saturated carbocycles. The van der Waals surface area contributed by atoms with E-state index in [1.807, 2.05) is 11.8 Å². The van der Waals surface area contributed by atoms with Gasteiger partial charge < -0.3 is 5.32 Å². The highest BCUT2D eigenvalue weighted by Crippen LogP contribution is 2.22. The molecule has 0 radical (unpaired) electrons. The summed E-state index contributed by atoms with van der Waals surface area (Å²) in [6.45, 7) is 5.48.